The maximum Gasteiger partial charge on any atom is 0.326 e. The molecule has 2 fully saturated rings. The van der Waals surface area contributed by atoms with E-state index < -0.39 is 11.8 Å². The number of nitrogens with zero attached hydrogens (tertiary/aromatic N) is 4. The Labute approximate surface area is 168 Å². The zero-order valence-corrected chi connectivity index (χ0v) is 17.0. The number of hydrogen-bond donors (Lipinski definition) is 1. The fourth-order valence-electron chi connectivity index (χ4n) is 3.09. The topological polar surface area (TPSA) is 78.4 Å². The summed E-state index contributed by atoms with van der Waals surface area (Å²) in [5.74, 6) is -3.66. The van der Waals surface area contributed by atoms with Crippen molar-refractivity contribution in [3.8, 4) is 0 Å². The number of aromatic nitrogens is 2. The summed E-state index contributed by atoms with van der Waals surface area (Å²) in [7, 11) is 0. The Kier molecular flexibility index (Phi) is 4.82. The molecule has 0 radical (unpaired) electrons. The van der Waals surface area contributed by atoms with Crippen LogP contribution in [0.5, 0.6) is 0 Å². The van der Waals surface area contributed by atoms with Gasteiger partial charge in [0.2, 0.25) is 0 Å². The van der Waals surface area contributed by atoms with Crippen LogP contribution in [0.25, 0.3) is 0 Å². The van der Waals surface area contributed by atoms with Gasteiger partial charge in [0.25, 0.3) is 11.8 Å². The highest BCUT2D eigenvalue weighted by Gasteiger charge is 2.58. The minimum absolute atomic E-state index is 0.0628. The fourth-order valence-corrected chi connectivity index (χ4v) is 4.81. The number of nitrogens with one attached hydrogen (secondary N) is 1. The third kappa shape index (κ3) is 3.72. The number of thiazole rings is 2. The Morgan fingerprint density at radius 1 is 1.36 bits per heavy atom. The van der Waals surface area contributed by atoms with E-state index in [4.69, 9.17) is 0 Å². The minimum atomic E-state index is -2.65. The van der Waals surface area contributed by atoms with Gasteiger partial charge >= 0.3 is 6.03 Å². The molecule has 7 nitrogen and oxygen atoms in total. The maximum absolute atomic E-state index is 13.1. The van der Waals surface area contributed by atoms with Crippen LogP contribution in [0.2, 0.25) is 0 Å². The largest absolute Gasteiger partial charge is 0.345 e. The van der Waals surface area contributed by atoms with Crippen LogP contribution in [0.1, 0.15) is 32.5 Å². The third-order valence-electron chi connectivity index (χ3n) is 4.78. The van der Waals surface area contributed by atoms with Gasteiger partial charge in [-0.1, -0.05) is 11.3 Å². The van der Waals surface area contributed by atoms with E-state index in [2.05, 4.69) is 15.3 Å². The standard InChI is InChI=1S/C17H19F2N5O2S2/c1-9-8-27-12(21-9)6-20-14(25)13-10(2)22-15(28-13)24-4-3-23(16(24)26)7-11-5-17(11,18)19/h8,11H,3-7H2,1-2H3,(H,20,25). The Morgan fingerprint density at radius 3 is 2.75 bits per heavy atom. The van der Waals surface area contributed by atoms with Gasteiger partial charge < -0.3 is 10.2 Å². The number of rotatable bonds is 6. The lowest BCUT2D eigenvalue weighted by atomic mass is 10.4. The molecule has 0 aromatic carbocycles. The van der Waals surface area contributed by atoms with E-state index >= 15 is 0 Å². The van der Waals surface area contributed by atoms with E-state index in [9.17, 15) is 18.4 Å². The van der Waals surface area contributed by atoms with Crippen LogP contribution < -0.4 is 10.2 Å². The average Bonchev–Trinajstić information content (AvgIpc) is 3.04. The van der Waals surface area contributed by atoms with E-state index in [0.29, 0.717) is 35.3 Å². The summed E-state index contributed by atoms with van der Waals surface area (Å²) in [5, 5.41) is 5.97. The van der Waals surface area contributed by atoms with Gasteiger partial charge in [-0.05, 0) is 13.8 Å². The second kappa shape index (κ2) is 7.03. The van der Waals surface area contributed by atoms with Crippen LogP contribution in [0.15, 0.2) is 5.38 Å². The lowest BCUT2D eigenvalue weighted by Gasteiger charge is -2.16. The Balaban J connectivity index is 1.39. The molecule has 1 unspecified atom stereocenters. The van der Waals surface area contributed by atoms with Crippen LogP contribution in [0, 0.1) is 19.8 Å². The van der Waals surface area contributed by atoms with Crippen LogP contribution in [0.3, 0.4) is 0 Å². The SMILES string of the molecule is Cc1csc(CNC(=O)c2sc(N3CCN(CC4CC4(F)F)C3=O)nc2C)n1. The molecule has 0 spiro atoms. The minimum Gasteiger partial charge on any atom is -0.345 e. The third-order valence-corrected chi connectivity index (χ3v) is 6.93. The molecule has 28 heavy (non-hydrogen) atoms. The number of hydrogen-bond acceptors (Lipinski definition) is 6. The molecule has 3 heterocycles. The molecule has 1 aliphatic heterocycles. The number of carbonyl (C=O) groups excluding carboxylic acids is 2. The van der Waals surface area contributed by atoms with Gasteiger partial charge in [-0.15, -0.1) is 11.3 Å². The van der Waals surface area contributed by atoms with Crippen molar-refractivity contribution in [3.05, 3.63) is 26.7 Å². The van der Waals surface area contributed by atoms with E-state index in [1.807, 2.05) is 12.3 Å². The molecule has 2 aromatic rings. The van der Waals surface area contributed by atoms with Gasteiger partial charge in [0.15, 0.2) is 5.13 Å². The van der Waals surface area contributed by atoms with Crippen LogP contribution >= 0.6 is 22.7 Å². The zero-order chi connectivity index (χ0) is 20.1. The Morgan fingerprint density at radius 2 is 2.11 bits per heavy atom. The number of amides is 3. The smallest absolute Gasteiger partial charge is 0.326 e. The van der Waals surface area contributed by atoms with Gasteiger partial charge in [0.05, 0.1) is 12.2 Å². The van der Waals surface area contributed by atoms with Gasteiger partial charge in [-0.3, -0.25) is 9.69 Å². The molecule has 1 N–H and O–H groups in total. The van der Waals surface area contributed by atoms with Gasteiger partial charge in [-0.25, -0.2) is 23.5 Å². The summed E-state index contributed by atoms with van der Waals surface area (Å²) in [4.78, 5) is 37.0. The molecule has 1 aliphatic carbocycles. The quantitative estimate of drug-likeness (QED) is 0.769. The van der Waals surface area contributed by atoms with Crippen molar-refractivity contribution in [2.45, 2.75) is 32.7 Å². The summed E-state index contributed by atoms with van der Waals surface area (Å²) in [5.41, 5.74) is 1.44. The second-order valence-electron chi connectivity index (χ2n) is 7.02. The van der Waals surface area contributed by atoms with E-state index in [0.717, 1.165) is 22.0 Å². The normalized spacial score (nSPS) is 20.7. The first-order valence-electron chi connectivity index (χ1n) is 8.85. The van der Waals surface area contributed by atoms with Crippen molar-refractivity contribution in [1.29, 1.82) is 0 Å². The van der Waals surface area contributed by atoms with Crippen molar-refractivity contribution in [1.82, 2.24) is 20.2 Å². The second-order valence-corrected chi connectivity index (χ2v) is 8.94. The molecular weight excluding hydrogens is 408 g/mol. The van der Waals surface area contributed by atoms with E-state index in [-0.39, 0.29) is 24.9 Å². The fraction of sp³-hybridized carbons (Fsp3) is 0.529. The van der Waals surface area contributed by atoms with Crippen LogP contribution in [-0.4, -0.2) is 52.4 Å². The number of halogens is 2. The summed E-state index contributed by atoms with van der Waals surface area (Å²) in [6, 6.07) is -0.332. The van der Waals surface area contributed by atoms with Gasteiger partial charge in [0, 0.05) is 43.0 Å². The molecule has 150 valence electrons. The number of alkyl halides is 2. The molecule has 1 saturated carbocycles. The predicted molar refractivity (Wildman–Crippen MR) is 102 cm³/mol. The molecule has 1 saturated heterocycles. The summed E-state index contributed by atoms with van der Waals surface area (Å²) >= 11 is 2.61. The molecule has 11 heteroatoms. The van der Waals surface area contributed by atoms with E-state index in [1.165, 1.54) is 21.1 Å². The molecule has 2 aromatic heterocycles. The van der Waals surface area contributed by atoms with Crippen molar-refractivity contribution >= 4 is 39.7 Å². The summed E-state index contributed by atoms with van der Waals surface area (Å²) < 4.78 is 26.3. The first-order chi connectivity index (χ1) is 13.2. The molecule has 1 atom stereocenters. The number of urea groups is 1. The van der Waals surface area contributed by atoms with Crippen LogP contribution in [0.4, 0.5) is 18.7 Å². The maximum atomic E-state index is 13.1. The van der Waals surface area contributed by atoms with Crippen molar-refractivity contribution in [3.63, 3.8) is 0 Å². The summed E-state index contributed by atoms with van der Waals surface area (Å²) in [6.07, 6.45) is -0.157. The predicted octanol–water partition coefficient (Wildman–Crippen LogP) is 3.04. The zero-order valence-electron chi connectivity index (χ0n) is 15.4. The van der Waals surface area contributed by atoms with Crippen LogP contribution in [-0.2, 0) is 6.54 Å². The molecular formula is C17H19F2N5O2S2. The van der Waals surface area contributed by atoms with Gasteiger partial charge in [0.1, 0.15) is 9.88 Å². The molecule has 0 bridgehead atoms. The van der Waals surface area contributed by atoms with Crippen molar-refractivity contribution < 1.29 is 18.4 Å². The number of carbonyl (C=O) groups is 2. The molecule has 4 rings (SSSR count). The number of anilines is 1. The molecule has 2 aliphatic rings. The highest BCUT2D eigenvalue weighted by atomic mass is 32.1. The van der Waals surface area contributed by atoms with Gasteiger partial charge in [-0.2, -0.15) is 0 Å². The van der Waals surface area contributed by atoms with Crippen molar-refractivity contribution in [2.24, 2.45) is 5.92 Å². The lowest BCUT2D eigenvalue weighted by Crippen LogP contribution is -2.33. The van der Waals surface area contributed by atoms with Crippen molar-refractivity contribution in [2.75, 3.05) is 24.5 Å². The Bertz CT molecular complexity index is 929. The first-order valence-corrected chi connectivity index (χ1v) is 10.5. The average molecular weight is 428 g/mol. The molecule has 3 amide bonds. The first kappa shape index (κ1) is 19.2. The monoisotopic (exact) mass is 427 g/mol. The van der Waals surface area contributed by atoms with E-state index in [1.54, 1.807) is 6.92 Å². The number of aryl methyl sites for hydroxylation is 2. The highest BCUT2D eigenvalue weighted by Crippen LogP contribution is 2.49. The lowest BCUT2D eigenvalue weighted by molar-refractivity contribution is 0.0922. The summed E-state index contributed by atoms with van der Waals surface area (Å²) in [6.45, 7) is 4.76. The highest BCUT2D eigenvalue weighted by molar-refractivity contribution is 7.17. The Hall–Kier alpha value is -2.14.